The van der Waals surface area contributed by atoms with Crippen LogP contribution in [-0.2, 0) is 13.0 Å². The predicted molar refractivity (Wildman–Crippen MR) is 132 cm³/mol. The van der Waals surface area contributed by atoms with Gasteiger partial charge in [-0.2, -0.15) is 0 Å². The van der Waals surface area contributed by atoms with Crippen LogP contribution in [0.25, 0.3) is 11.0 Å². The summed E-state index contributed by atoms with van der Waals surface area (Å²) in [6.07, 6.45) is 1.60. The molecule has 0 radical (unpaired) electrons. The molecule has 4 nitrogen and oxygen atoms in total. The maximum absolute atomic E-state index is 13.0. The van der Waals surface area contributed by atoms with Gasteiger partial charge in [0.1, 0.15) is 5.82 Å². The van der Waals surface area contributed by atoms with Crippen molar-refractivity contribution in [3.05, 3.63) is 99.3 Å². The molecule has 1 N–H and O–H groups in total. The summed E-state index contributed by atoms with van der Waals surface area (Å²) in [5.41, 5.74) is 4.54. The molecule has 164 valence electrons. The molecule has 0 saturated carbocycles. The highest BCUT2D eigenvalue weighted by Gasteiger charge is 2.17. The number of fused-ring (bicyclic) bond motifs is 1. The van der Waals surface area contributed by atoms with Crippen molar-refractivity contribution in [2.75, 3.05) is 0 Å². The number of benzene rings is 3. The molecule has 1 aromatic heterocycles. The Hall–Kier alpha value is -2.82. The zero-order valence-corrected chi connectivity index (χ0v) is 19.6. The second-order valence-corrected chi connectivity index (χ2v) is 8.58. The van der Waals surface area contributed by atoms with Gasteiger partial charge in [-0.15, -0.1) is 0 Å². The summed E-state index contributed by atoms with van der Waals surface area (Å²) in [4.78, 5) is 17.8. The van der Waals surface area contributed by atoms with E-state index in [1.807, 2.05) is 66.7 Å². The first-order valence-corrected chi connectivity index (χ1v) is 11.5. The van der Waals surface area contributed by atoms with Crippen LogP contribution >= 0.6 is 23.2 Å². The van der Waals surface area contributed by atoms with Crippen LogP contribution in [0.4, 0.5) is 0 Å². The number of halogens is 2. The largest absolute Gasteiger partial charge is 0.345 e. The third-order valence-electron chi connectivity index (χ3n) is 5.65. The number of nitrogens with zero attached hydrogens (tertiary/aromatic N) is 2. The lowest BCUT2D eigenvalue weighted by Crippen LogP contribution is -2.28. The molecule has 0 unspecified atom stereocenters. The molecular formula is C26H25Cl2N3O. The number of carbonyl (C=O) groups excluding carboxylic acids is 1. The highest BCUT2D eigenvalue weighted by atomic mass is 35.5. The Bertz CT molecular complexity index is 1250. The molecule has 0 aliphatic rings. The van der Waals surface area contributed by atoms with Crippen molar-refractivity contribution >= 4 is 40.1 Å². The fourth-order valence-corrected chi connectivity index (χ4v) is 4.26. The summed E-state index contributed by atoms with van der Waals surface area (Å²) in [5.74, 6) is 0.860. The average Bonchev–Trinajstić information content (AvgIpc) is 3.17. The van der Waals surface area contributed by atoms with Crippen LogP contribution < -0.4 is 5.32 Å². The topological polar surface area (TPSA) is 46.9 Å². The molecule has 0 spiro atoms. The van der Waals surface area contributed by atoms with Gasteiger partial charge in [-0.25, -0.2) is 4.98 Å². The molecule has 6 heteroatoms. The molecule has 1 amide bonds. The van der Waals surface area contributed by atoms with E-state index >= 15 is 0 Å². The number of imidazole rings is 1. The van der Waals surface area contributed by atoms with Crippen LogP contribution in [0.2, 0.25) is 10.0 Å². The lowest BCUT2D eigenvalue weighted by molar-refractivity contribution is 0.0935. The monoisotopic (exact) mass is 465 g/mol. The molecule has 0 fully saturated rings. The summed E-state index contributed by atoms with van der Waals surface area (Å²) in [5, 5.41) is 4.23. The molecule has 0 saturated heterocycles. The highest BCUT2D eigenvalue weighted by molar-refractivity contribution is 6.42. The van der Waals surface area contributed by atoms with Crippen LogP contribution in [0.5, 0.6) is 0 Å². The number of aryl methyl sites for hydroxylation is 1. The molecule has 0 bridgehead atoms. The van der Waals surface area contributed by atoms with Gasteiger partial charge >= 0.3 is 0 Å². The molecule has 1 atom stereocenters. The lowest BCUT2D eigenvalue weighted by atomic mass is 10.0. The van der Waals surface area contributed by atoms with Gasteiger partial charge in [0, 0.05) is 18.5 Å². The van der Waals surface area contributed by atoms with Crippen molar-refractivity contribution < 1.29 is 4.79 Å². The lowest BCUT2D eigenvalue weighted by Gasteiger charge is -2.17. The van der Waals surface area contributed by atoms with Gasteiger partial charge in [-0.1, -0.05) is 73.4 Å². The van der Waals surface area contributed by atoms with Gasteiger partial charge in [-0.05, 0) is 47.9 Å². The Labute approximate surface area is 198 Å². The molecule has 0 aliphatic carbocycles. The first-order chi connectivity index (χ1) is 15.5. The van der Waals surface area contributed by atoms with E-state index in [0.29, 0.717) is 22.2 Å². The van der Waals surface area contributed by atoms with E-state index in [1.165, 1.54) is 0 Å². The van der Waals surface area contributed by atoms with Crippen molar-refractivity contribution in [2.45, 2.75) is 39.3 Å². The van der Waals surface area contributed by atoms with E-state index in [2.05, 4.69) is 23.7 Å². The predicted octanol–water partition coefficient (Wildman–Crippen LogP) is 6.83. The fraction of sp³-hybridized carbons (Fsp3) is 0.231. The molecular weight excluding hydrogens is 441 g/mol. The highest BCUT2D eigenvalue weighted by Crippen LogP contribution is 2.25. The first kappa shape index (κ1) is 22.4. The third kappa shape index (κ3) is 4.67. The van der Waals surface area contributed by atoms with Crippen LogP contribution in [0.1, 0.15) is 53.6 Å². The average molecular weight is 466 g/mol. The summed E-state index contributed by atoms with van der Waals surface area (Å²) in [7, 11) is 0. The second kappa shape index (κ2) is 9.76. The quantitative estimate of drug-likeness (QED) is 0.324. The van der Waals surface area contributed by atoms with Crippen LogP contribution in [0, 0.1) is 0 Å². The molecule has 3 aromatic carbocycles. The van der Waals surface area contributed by atoms with E-state index in [-0.39, 0.29) is 11.9 Å². The fourth-order valence-electron chi connectivity index (χ4n) is 3.94. The molecule has 4 aromatic rings. The second-order valence-electron chi connectivity index (χ2n) is 7.76. The number of aromatic nitrogens is 2. The SMILES string of the molecule is CCc1nc2cc(C(=O)N[C@@H](CC)c3ccccc3)ccc2n1Cc1ccc(Cl)c(Cl)c1. The standard InChI is InChI=1S/C26H25Cl2N3O/c1-3-22(18-8-6-5-7-9-18)30-26(32)19-11-13-24-23(15-19)29-25(4-2)31(24)16-17-10-12-20(27)21(28)14-17/h5-15,22H,3-4,16H2,1-2H3,(H,30,32)/t22-/m0/s1. The van der Waals surface area contributed by atoms with Gasteiger partial charge < -0.3 is 9.88 Å². The molecule has 4 rings (SSSR count). The van der Waals surface area contributed by atoms with E-state index in [9.17, 15) is 4.79 Å². The summed E-state index contributed by atoms with van der Waals surface area (Å²) >= 11 is 12.3. The Morgan fingerprint density at radius 2 is 1.78 bits per heavy atom. The Morgan fingerprint density at radius 1 is 1.00 bits per heavy atom. The number of amides is 1. The number of nitrogens with one attached hydrogen (secondary N) is 1. The minimum absolute atomic E-state index is 0.0298. The maximum atomic E-state index is 13.0. The van der Waals surface area contributed by atoms with Crippen molar-refractivity contribution in [2.24, 2.45) is 0 Å². The molecule has 0 aliphatic heterocycles. The van der Waals surface area contributed by atoms with Gasteiger partial charge in [-0.3, -0.25) is 4.79 Å². The van der Waals surface area contributed by atoms with E-state index in [4.69, 9.17) is 28.2 Å². The van der Waals surface area contributed by atoms with Crippen molar-refractivity contribution in [3.63, 3.8) is 0 Å². The third-order valence-corrected chi connectivity index (χ3v) is 6.38. The van der Waals surface area contributed by atoms with Gasteiger partial charge in [0.25, 0.3) is 5.91 Å². The minimum Gasteiger partial charge on any atom is -0.345 e. The van der Waals surface area contributed by atoms with Crippen LogP contribution in [-0.4, -0.2) is 15.5 Å². The van der Waals surface area contributed by atoms with Crippen molar-refractivity contribution in [1.29, 1.82) is 0 Å². The Kier molecular flexibility index (Phi) is 6.83. The number of carbonyl (C=O) groups is 1. The normalized spacial score (nSPS) is 12.1. The summed E-state index contributed by atoms with van der Waals surface area (Å²) in [6.45, 7) is 4.78. The number of hydrogen-bond donors (Lipinski definition) is 1. The Morgan fingerprint density at radius 3 is 2.47 bits per heavy atom. The first-order valence-electron chi connectivity index (χ1n) is 10.8. The van der Waals surface area contributed by atoms with Crippen molar-refractivity contribution in [3.8, 4) is 0 Å². The maximum Gasteiger partial charge on any atom is 0.251 e. The van der Waals surface area contributed by atoms with E-state index < -0.39 is 0 Å². The van der Waals surface area contributed by atoms with Gasteiger partial charge in [0.2, 0.25) is 0 Å². The van der Waals surface area contributed by atoms with E-state index in [1.54, 1.807) is 0 Å². The Balaban J connectivity index is 1.61. The smallest absolute Gasteiger partial charge is 0.251 e. The van der Waals surface area contributed by atoms with E-state index in [0.717, 1.165) is 40.8 Å². The summed E-state index contributed by atoms with van der Waals surface area (Å²) < 4.78 is 2.16. The van der Waals surface area contributed by atoms with Crippen LogP contribution in [0.15, 0.2) is 66.7 Å². The zero-order chi connectivity index (χ0) is 22.7. The summed E-state index contributed by atoms with van der Waals surface area (Å²) in [6, 6.07) is 21.4. The van der Waals surface area contributed by atoms with Gasteiger partial charge in [0.05, 0.1) is 27.1 Å². The molecule has 1 heterocycles. The van der Waals surface area contributed by atoms with Crippen molar-refractivity contribution in [1.82, 2.24) is 14.9 Å². The van der Waals surface area contributed by atoms with Crippen LogP contribution in [0.3, 0.4) is 0 Å². The molecule has 32 heavy (non-hydrogen) atoms. The number of hydrogen-bond acceptors (Lipinski definition) is 2. The minimum atomic E-state index is -0.0975. The van der Waals surface area contributed by atoms with Gasteiger partial charge in [0.15, 0.2) is 0 Å². The zero-order valence-electron chi connectivity index (χ0n) is 18.1. The number of rotatable bonds is 7.